The average molecular weight is 491 g/mol. The molecule has 0 radical (unpaired) electrons. The van der Waals surface area contributed by atoms with Crippen LogP contribution in [0.15, 0.2) is 77.8 Å². The zero-order valence-electron chi connectivity index (χ0n) is 20.2. The fourth-order valence-electron chi connectivity index (χ4n) is 4.39. The fourth-order valence-corrected chi connectivity index (χ4v) is 5.82. The molecule has 0 saturated carbocycles. The molecule has 0 unspecified atom stereocenters. The number of rotatable bonds is 7. The zero-order valence-corrected chi connectivity index (χ0v) is 21.1. The number of fused-ring (bicyclic) bond motifs is 2. The summed E-state index contributed by atoms with van der Waals surface area (Å²) in [6.07, 6.45) is 2.56. The van der Waals surface area contributed by atoms with Crippen LogP contribution in [0.3, 0.4) is 0 Å². The molecule has 5 rings (SSSR count). The molecule has 182 valence electrons. The van der Waals surface area contributed by atoms with E-state index in [-0.39, 0.29) is 18.8 Å². The molecule has 0 aliphatic carbocycles. The van der Waals surface area contributed by atoms with E-state index in [1.165, 1.54) is 0 Å². The largest absolute Gasteiger partial charge is 0.454 e. The number of H-pyrrole nitrogens is 1. The van der Waals surface area contributed by atoms with Gasteiger partial charge in [-0.2, -0.15) is 4.31 Å². The summed E-state index contributed by atoms with van der Waals surface area (Å²) in [7, 11) is -3.73. The van der Waals surface area contributed by atoms with Crippen LogP contribution in [0.4, 0.5) is 0 Å². The summed E-state index contributed by atoms with van der Waals surface area (Å²) in [4.78, 5) is 3.58. The van der Waals surface area contributed by atoms with Gasteiger partial charge in [-0.15, -0.1) is 0 Å². The van der Waals surface area contributed by atoms with Gasteiger partial charge in [-0.1, -0.05) is 57.2 Å². The van der Waals surface area contributed by atoms with E-state index in [1.807, 2.05) is 54.7 Å². The SMILES string of the molecule is CC(C)(C)c1ccc(S(=O)(=O)N(CCc2c[nH]c3ccccc23)Cc2ccc3c(c2)OCO3)cc1. The molecule has 0 saturated heterocycles. The van der Waals surface area contributed by atoms with Crippen molar-refractivity contribution in [1.29, 1.82) is 0 Å². The number of ether oxygens (including phenoxy) is 2. The molecule has 1 aliphatic heterocycles. The molecule has 0 amide bonds. The highest BCUT2D eigenvalue weighted by atomic mass is 32.2. The lowest BCUT2D eigenvalue weighted by molar-refractivity contribution is 0.174. The summed E-state index contributed by atoms with van der Waals surface area (Å²) >= 11 is 0. The van der Waals surface area contributed by atoms with Crippen molar-refractivity contribution in [3.63, 3.8) is 0 Å². The quantitative estimate of drug-likeness (QED) is 0.365. The Balaban J connectivity index is 1.45. The first kappa shape index (κ1) is 23.5. The van der Waals surface area contributed by atoms with Crippen LogP contribution in [-0.2, 0) is 28.4 Å². The highest BCUT2D eigenvalue weighted by molar-refractivity contribution is 7.89. The molecule has 7 heteroatoms. The van der Waals surface area contributed by atoms with E-state index in [1.54, 1.807) is 16.4 Å². The van der Waals surface area contributed by atoms with Gasteiger partial charge >= 0.3 is 0 Å². The first-order valence-electron chi connectivity index (χ1n) is 11.8. The van der Waals surface area contributed by atoms with Crippen molar-refractivity contribution < 1.29 is 17.9 Å². The van der Waals surface area contributed by atoms with Gasteiger partial charge < -0.3 is 14.5 Å². The minimum atomic E-state index is -3.73. The van der Waals surface area contributed by atoms with Gasteiger partial charge in [-0.25, -0.2) is 8.42 Å². The number of hydrogen-bond donors (Lipinski definition) is 1. The summed E-state index contributed by atoms with van der Waals surface area (Å²) in [5.41, 5.74) is 4.03. The lowest BCUT2D eigenvalue weighted by Crippen LogP contribution is -2.32. The van der Waals surface area contributed by atoms with E-state index < -0.39 is 10.0 Å². The van der Waals surface area contributed by atoms with Gasteiger partial charge in [0.2, 0.25) is 16.8 Å². The van der Waals surface area contributed by atoms with Gasteiger partial charge in [-0.05, 0) is 58.9 Å². The molecular weight excluding hydrogens is 460 g/mol. The van der Waals surface area contributed by atoms with E-state index in [0.29, 0.717) is 29.4 Å². The van der Waals surface area contributed by atoms with Crippen molar-refractivity contribution in [2.24, 2.45) is 0 Å². The molecule has 0 bridgehead atoms. The predicted octanol–water partition coefficient (Wildman–Crippen LogP) is 5.63. The topological polar surface area (TPSA) is 71.6 Å². The minimum Gasteiger partial charge on any atom is -0.454 e. The average Bonchev–Trinajstić information content (AvgIpc) is 3.48. The third-order valence-corrected chi connectivity index (χ3v) is 8.32. The first-order valence-corrected chi connectivity index (χ1v) is 13.2. The Bertz CT molecular complexity index is 1450. The standard InChI is InChI=1S/C28H30N2O4S/c1-28(2,3)22-9-11-23(12-10-22)35(31,32)30(18-20-8-13-26-27(16-20)34-19-33-26)15-14-21-17-29-25-7-5-4-6-24(21)25/h4-13,16-17,29H,14-15,18-19H2,1-3H3. The van der Waals surface area contributed by atoms with Crippen molar-refractivity contribution in [2.75, 3.05) is 13.3 Å². The number of benzene rings is 3. The Labute approximate surface area is 206 Å². The van der Waals surface area contributed by atoms with E-state index in [0.717, 1.165) is 27.6 Å². The van der Waals surface area contributed by atoms with Gasteiger partial charge in [0.1, 0.15) is 0 Å². The summed E-state index contributed by atoms with van der Waals surface area (Å²) in [6.45, 7) is 7.11. The van der Waals surface area contributed by atoms with Crippen LogP contribution in [-0.4, -0.2) is 31.0 Å². The van der Waals surface area contributed by atoms with Crippen molar-refractivity contribution in [2.45, 2.75) is 44.0 Å². The zero-order chi connectivity index (χ0) is 24.6. The molecule has 1 aliphatic rings. The van der Waals surface area contributed by atoms with Gasteiger partial charge in [0.25, 0.3) is 0 Å². The Hall–Kier alpha value is -3.29. The summed E-state index contributed by atoms with van der Waals surface area (Å²) in [6, 6.07) is 20.9. The Morgan fingerprint density at radius 2 is 1.69 bits per heavy atom. The molecular formula is C28H30N2O4S. The second-order valence-corrected chi connectivity index (χ2v) is 11.8. The van der Waals surface area contributed by atoms with Crippen LogP contribution in [0, 0.1) is 0 Å². The first-order chi connectivity index (χ1) is 16.7. The van der Waals surface area contributed by atoms with Crippen molar-refractivity contribution in [3.05, 3.63) is 89.6 Å². The van der Waals surface area contributed by atoms with Gasteiger partial charge in [0.15, 0.2) is 11.5 Å². The summed E-state index contributed by atoms with van der Waals surface area (Å²) < 4.78 is 40.1. The maximum atomic E-state index is 13.8. The van der Waals surface area contributed by atoms with Crippen LogP contribution in [0.5, 0.6) is 11.5 Å². The number of para-hydroxylation sites is 1. The van der Waals surface area contributed by atoms with Gasteiger partial charge in [-0.3, -0.25) is 0 Å². The van der Waals surface area contributed by atoms with Crippen molar-refractivity contribution in [3.8, 4) is 11.5 Å². The molecule has 6 nitrogen and oxygen atoms in total. The number of nitrogens with zero attached hydrogens (tertiary/aromatic N) is 1. The molecule has 35 heavy (non-hydrogen) atoms. The number of nitrogens with one attached hydrogen (secondary N) is 1. The molecule has 0 fully saturated rings. The maximum absolute atomic E-state index is 13.8. The summed E-state index contributed by atoms with van der Waals surface area (Å²) in [5.74, 6) is 1.32. The van der Waals surface area contributed by atoms with E-state index in [9.17, 15) is 8.42 Å². The second kappa shape index (κ2) is 9.06. The lowest BCUT2D eigenvalue weighted by Gasteiger charge is -2.24. The Morgan fingerprint density at radius 3 is 2.46 bits per heavy atom. The molecule has 2 heterocycles. The van der Waals surface area contributed by atoms with Crippen LogP contribution in [0.2, 0.25) is 0 Å². The maximum Gasteiger partial charge on any atom is 0.243 e. The third kappa shape index (κ3) is 4.79. The molecule has 0 atom stereocenters. The van der Waals surface area contributed by atoms with Crippen LogP contribution < -0.4 is 9.47 Å². The summed E-state index contributed by atoms with van der Waals surface area (Å²) in [5, 5.41) is 1.11. The normalized spacial score (nSPS) is 13.6. The van der Waals surface area contributed by atoms with Crippen molar-refractivity contribution >= 4 is 20.9 Å². The number of aromatic amines is 1. The van der Waals surface area contributed by atoms with Gasteiger partial charge in [0, 0.05) is 30.2 Å². The minimum absolute atomic E-state index is 0.0518. The van der Waals surface area contributed by atoms with Crippen LogP contribution in [0.25, 0.3) is 10.9 Å². The molecule has 0 spiro atoms. The smallest absolute Gasteiger partial charge is 0.243 e. The Morgan fingerprint density at radius 1 is 0.943 bits per heavy atom. The molecule has 1 N–H and O–H groups in total. The van der Waals surface area contributed by atoms with E-state index >= 15 is 0 Å². The number of sulfonamides is 1. The van der Waals surface area contributed by atoms with Crippen LogP contribution >= 0.6 is 0 Å². The van der Waals surface area contributed by atoms with Crippen molar-refractivity contribution in [1.82, 2.24) is 9.29 Å². The van der Waals surface area contributed by atoms with E-state index in [4.69, 9.17) is 9.47 Å². The predicted molar refractivity (Wildman–Crippen MR) is 137 cm³/mol. The lowest BCUT2D eigenvalue weighted by atomic mass is 9.87. The monoisotopic (exact) mass is 490 g/mol. The number of hydrogen-bond acceptors (Lipinski definition) is 4. The Kier molecular flexibility index (Phi) is 6.07. The molecule has 3 aromatic carbocycles. The highest BCUT2D eigenvalue weighted by Gasteiger charge is 2.26. The fraction of sp³-hybridized carbons (Fsp3) is 0.286. The molecule has 4 aromatic rings. The number of aromatic nitrogens is 1. The second-order valence-electron chi connectivity index (χ2n) is 9.91. The third-order valence-electron chi connectivity index (χ3n) is 6.46. The molecule has 1 aromatic heterocycles. The van der Waals surface area contributed by atoms with Gasteiger partial charge in [0.05, 0.1) is 4.90 Å². The highest BCUT2D eigenvalue weighted by Crippen LogP contribution is 2.33. The van der Waals surface area contributed by atoms with E-state index in [2.05, 4.69) is 31.8 Å². The van der Waals surface area contributed by atoms with Crippen LogP contribution in [0.1, 0.15) is 37.5 Å².